The molecule has 0 aliphatic rings. The molecular formula is C21H17N3O. The number of hydrogen-bond acceptors (Lipinski definition) is 4. The number of para-hydroxylation sites is 1. The summed E-state index contributed by atoms with van der Waals surface area (Å²) in [6, 6.07) is 19.5. The molecule has 4 aromatic rings. The van der Waals surface area contributed by atoms with Gasteiger partial charge < -0.3 is 4.74 Å². The van der Waals surface area contributed by atoms with Crippen LogP contribution in [0.15, 0.2) is 66.9 Å². The Bertz CT molecular complexity index is 1050. The lowest BCUT2D eigenvalue weighted by Crippen LogP contribution is -1.97. The number of benzene rings is 2. The van der Waals surface area contributed by atoms with Gasteiger partial charge in [-0.1, -0.05) is 24.3 Å². The topological polar surface area (TPSA) is 47.9 Å². The van der Waals surface area contributed by atoms with Crippen LogP contribution in [0.1, 0.15) is 11.1 Å². The minimum absolute atomic E-state index is 0.537. The van der Waals surface area contributed by atoms with E-state index in [2.05, 4.69) is 28.8 Å². The fourth-order valence-corrected chi connectivity index (χ4v) is 2.62. The number of aryl methyl sites for hydroxylation is 2. The van der Waals surface area contributed by atoms with Crippen molar-refractivity contribution in [2.75, 3.05) is 0 Å². The number of nitrogens with zero attached hydrogens (tertiary/aromatic N) is 3. The van der Waals surface area contributed by atoms with Gasteiger partial charge in [-0.2, -0.15) is 4.98 Å². The Morgan fingerprint density at radius 3 is 2.44 bits per heavy atom. The SMILES string of the molecule is Cc1ccc(Oc2nc(-c3ccccn3)nc3ccccc23)cc1C. The van der Waals surface area contributed by atoms with Crippen LogP contribution in [0.25, 0.3) is 22.4 Å². The summed E-state index contributed by atoms with van der Waals surface area (Å²) in [6.07, 6.45) is 1.73. The van der Waals surface area contributed by atoms with Gasteiger partial charge in [-0.25, -0.2) is 4.98 Å². The van der Waals surface area contributed by atoms with Gasteiger partial charge in [0.1, 0.15) is 11.4 Å². The summed E-state index contributed by atoms with van der Waals surface area (Å²) in [5, 5.41) is 0.875. The lowest BCUT2D eigenvalue weighted by atomic mass is 10.1. The molecule has 0 saturated heterocycles. The Morgan fingerprint density at radius 1 is 0.800 bits per heavy atom. The zero-order chi connectivity index (χ0) is 17.2. The lowest BCUT2D eigenvalue weighted by Gasteiger charge is -2.11. The van der Waals surface area contributed by atoms with Crippen LogP contribution in [0.2, 0.25) is 0 Å². The van der Waals surface area contributed by atoms with E-state index >= 15 is 0 Å². The normalized spacial score (nSPS) is 10.8. The maximum absolute atomic E-state index is 6.11. The molecule has 0 atom stereocenters. The Hall–Kier alpha value is -3.27. The molecule has 2 aromatic heterocycles. The van der Waals surface area contributed by atoms with Crippen molar-refractivity contribution in [3.8, 4) is 23.1 Å². The predicted molar refractivity (Wildman–Crippen MR) is 98.8 cm³/mol. The Morgan fingerprint density at radius 2 is 1.64 bits per heavy atom. The number of rotatable bonds is 3. The zero-order valence-electron chi connectivity index (χ0n) is 14.1. The summed E-state index contributed by atoms with van der Waals surface area (Å²) < 4.78 is 6.11. The molecule has 25 heavy (non-hydrogen) atoms. The van der Waals surface area contributed by atoms with E-state index in [9.17, 15) is 0 Å². The van der Waals surface area contributed by atoms with E-state index in [1.54, 1.807) is 6.20 Å². The van der Waals surface area contributed by atoms with E-state index in [4.69, 9.17) is 4.74 Å². The van der Waals surface area contributed by atoms with Gasteiger partial charge in [-0.15, -0.1) is 0 Å². The second-order valence-electron chi connectivity index (χ2n) is 5.93. The summed E-state index contributed by atoms with van der Waals surface area (Å²) in [4.78, 5) is 13.6. The Kier molecular flexibility index (Phi) is 3.86. The van der Waals surface area contributed by atoms with Gasteiger partial charge in [0, 0.05) is 6.20 Å². The van der Waals surface area contributed by atoms with Crippen LogP contribution in [0.4, 0.5) is 0 Å². The van der Waals surface area contributed by atoms with Gasteiger partial charge >= 0.3 is 0 Å². The van der Waals surface area contributed by atoms with Crippen molar-refractivity contribution in [2.45, 2.75) is 13.8 Å². The van der Waals surface area contributed by atoms with E-state index in [0.717, 1.165) is 22.3 Å². The predicted octanol–water partition coefficient (Wildman–Crippen LogP) is 5.10. The first-order chi connectivity index (χ1) is 12.2. The number of hydrogen-bond donors (Lipinski definition) is 0. The molecule has 2 heterocycles. The monoisotopic (exact) mass is 327 g/mol. The van der Waals surface area contributed by atoms with E-state index in [1.807, 2.05) is 60.7 Å². The molecule has 0 bridgehead atoms. The molecule has 0 N–H and O–H groups in total. The van der Waals surface area contributed by atoms with Crippen LogP contribution in [-0.4, -0.2) is 15.0 Å². The standard InChI is InChI=1S/C21H17N3O/c1-14-10-11-16(13-15(14)2)25-21-17-7-3-4-8-18(17)23-20(24-21)19-9-5-6-12-22-19/h3-13H,1-2H3. The number of aromatic nitrogens is 3. The molecule has 0 saturated carbocycles. The van der Waals surface area contributed by atoms with Crippen LogP contribution in [0.5, 0.6) is 11.6 Å². The third kappa shape index (κ3) is 3.06. The first-order valence-electron chi connectivity index (χ1n) is 8.14. The molecule has 0 spiro atoms. The average molecular weight is 327 g/mol. The first kappa shape index (κ1) is 15.3. The fourth-order valence-electron chi connectivity index (χ4n) is 2.62. The zero-order valence-corrected chi connectivity index (χ0v) is 14.1. The minimum atomic E-state index is 0.537. The highest BCUT2D eigenvalue weighted by Gasteiger charge is 2.12. The Balaban J connectivity index is 1.85. The molecule has 0 radical (unpaired) electrons. The van der Waals surface area contributed by atoms with Gasteiger partial charge in [0.05, 0.1) is 10.9 Å². The maximum atomic E-state index is 6.11. The molecule has 0 fully saturated rings. The van der Waals surface area contributed by atoms with Gasteiger partial charge in [-0.05, 0) is 61.4 Å². The number of pyridine rings is 1. The van der Waals surface area contributed by atoms with Gasteiger partial charge in [0.15, 0.2) is 5.82 Å². The van der Waals surface area contributed by atoms with Gasteiger partial charge in [0.25, 0.3) is 0 Å². The summed E-state index contributed by atoms with van der Waals surface area (Å²) in [5.74, 6) is 1.85. The van der Waals surface area contributed by atoms with Crippen LogP contribution >= 0.6 is 0 Å². The van der Waals surface area contributed by atoms with Crippen molar-refractivity contribution in [1.29, 1.82) is 0 Å². The molecule has 0 unspecified atom stereocenters. The van der Waals surface area contributed by atoms with Crippen LogP contribution in [0, 0.1) is 13.8 Å². The quantitative estimate of drug-likeness (QED) is 0.525. The van der Waals surface area contributed by atoms with Gasteiger partial charge in [-0.3, -0.25) is 4.98 Å². The van der Waals surface area contributed by atoms with Crippen molar-refractivity contribution in [3.63, 3.8) is 0 Å². The minimum Gasteiger partial charge on any atom is -0.438 e. The summed E-state index contributed by atoms with van der Waals surface area (Å²) in [7, 11) is 0. The van der Waals surface area contributed by atoms with Crippen molar-refractivity contribution in [2.24, 2.45) is 0 Å². The smallest absolute Gasteiger partial charge is 0.230 e. The average Bonchev–Trinajstić information content (AvgIpc) is 2.65. The summed E-state index contributed by atoms with van der Waals surface area (Å²) >= 11 is 0. The lowest BCUT2D eigenvalue weighted by molar-refractivity contribution is 0.468. The Labute approximate surface area is 146 Å². The van der Waals surface area contributed by atoms with Crippen molar-refractivity contribution < 1.29 is 4.74 Å². The van der Waals surface area contributed by atoms with Crippen LogP contribution in [0.3, 0.4) is 0 Å². The van der Waals surface area contributed by atoms with E-state index in [-0.39, 0.29) is 0 Å². The van der Waals surface area contributed by atoms with Gasteiger partial charge in [0.2, 0.25) is 5.88 Å². The van der Waals surface area contributed by atoms with Crippen molar-refractivity contribution >= 4 is 10.9 Å². The van der Waals surface area contributed by atoms with Crippen molar-refractivity contribution in [3.05, 3.63) is 78.0 Å². The van der Waals surface area contributed by atoms with Crippen LogP contribution in [-0.2, 0) is 0 Å². The number of ether oxygens (including phenoxy) is 1. The first-order valence-corrected chi connectivity index (χ1v) is 8.14. The highest BCUT2D eigenvalue weighted by Crippen LogP contribution is 2.30. The second-order valence-corrected chi connectivity index (χ2v) is 5.93. The largest absolute Gasteiger partial charge is 0.438 e. The molecule has 0 aliphatic heterocycles. The molecule has 4 heteroatoms. The van der Waals surface area contributed by atoms with E-state index in [1.165, 1.54) is 11.1 Å². The summed E-state index contributed by atoms with van der Waals surface area (Å²) in [6.45, 7) is 4.15. The van der Waals surface area contributed by atoms with E-state index in [0.29, 0.717) is 11.7 Å². The second kappa shape index (κ2) is 6.32. The highest BCUT2D eigenvalue weighted by molar-refractivity contribution is 5.85. The molecule has 122 valence electrons. The molecule has 2 aromatic carbocycles. The fraction of sp³-hybridized carbons (Fsp3) is 0.0952. The third-order valence-corrected chi connectivity index (χ3v) is 4.16. The third-order valence-electron chi connectivity index (χ3n) is 4.16. The van der Waals surface area contributed by atoms with E-state index < -0.39 is 0 Å². The summed E-state index contributed by atoms with van der Waals surface area (Å²) in [5.41, 5.74) is 3.96. The molecule has 4 rings (SSSR count). The molecule has 4 nitrogen and oxygen atoms in total. The molecular weight excluding hydrogens is 310 g/mol. The highest BCUT2D eigenvalue weighted by atomic mass is 16.5. The van der Waals surface area contributed by atoms with Crippen molar-refractivity contribution in [1.82, 2.24) is 15.0 Å². The van der Waals surface area contributed by atoms with Crippen LogP contribution < -0.4 is 4.74 Å². The molecule has 0 amide bonds. The number of fused-ring (bicyclic) bond motifs is 1. The maximum Gasteiger partial charge on any atom is 0.230 e. The molecule has 0 aliphatic carbocycles.